The highest BCUT2D eigenvalue weighted by Crippen LogP contribution is 2.15. The molecule has 2 N–H and O–H groups in total. The lowest BCUT2D eigenvalue weighted by Crippen LogP contribution is -3.00. The third-order valence-electron chi connectivity index (χ3n) is 8.47. The fourth-order valence-corrected chi connectivity index (χ4v) is 5.93. The number of nitrogens with one attached hydrogen (secondary N) is 1. The molecule has 0 bridgehead atoms. The summed E-state index contributed by atoms with van der Waals surface area (Å²) in [7, 11) is 0. The summed E-state index contributed by atoms with van der Waals surface area (Å²) in [6.07, 6.45) is 40.1. The number of unbranched alkanes of at least 4 members (excludes halogenated alkanes) is 21. The van der Waals surface area contributed by atoms with Gasteiger partial charge in [-0.1, -0.05) is 135 Å². The van der Waals surface area contributed by atoms with Gasteiger partial charge >= 0.3 is 0 Å². The van der Waals surface area contributed by atoms with Crippen molar-refractivity contribution in [2.45, 2.75) is 187 Å². The van der Waals surface area contributed by atoms with Crippen molar-refractivity contribution < 1.29 is 22.1 Å². The zero-order valence-electron chi connectivity index (χ0n) is 26.5. The van der Waals surface area contributed by atoms with E-state index in [0.29, 0.717) is 12.6 Å². The Kier molecular flexibility index (Phi) is 30.0. The van der Waals surface area contributed by atoms with E-state index in [0.717, 1.165) is 13.0 Å². The van der Waals surface area contributed by atoms with Gasteiger partial charge in [0.05, 0.1) is 6.54 Å². The van der Waals surface area contributed by atoms with E-state index >= 15 is 0 Å². The van der Waals surface area contributed by atoms with Gasteiger partial charge in [0.2, 0.25) is 5.84 Å². The van der Waals surface area contributed by atoms with Gasteiger partial charge in [-0.25, -0.2) is 0 Å². The lowest BCUT2D eigenvalue weighted by molar-refractivity contribution is -0.558. The third-order valence-corrected chi connectivity index (χ3v) is 8.47. The van der Waals surface area contributed by atoms with E-state index in [1.807, 2.05) is 0 Å². The molecule has 0 aromatic carbocycles. The molecule has 0 fully saturated rings. The number of aliphatic hydroxyl groups excluding tert-OH is 1. The molecule has 39 heavy (non-hydrogen) atoms. The molecule has 0 spiro atoms. The fraction of sp³-hybridized carbons (Fsp3) is 0.914. The molecule has 1 atom stereocenters. The topological polar surface area (TPSA) is 35.3 Å². The summed E-state index contributed by atoms with van der Waals surface area (Å²) in [4.78, 5) is 0. The maximum absolute atomic E-state index is 9.54. The van der Waals surface area contributed by atoms with Crippen LogP contribution in [0.4, 0.5) is 0 Å². The van der Waals surface area contributed by atoms with Crippen LogP contribution in [0.25, 0.3) is 0 Å². The Morgan fingerprint density at radius 2 is 1.08 bits per heavy atom. The predicted octanol–water partition coefficient (Wildman–Crippen LogP) is 7.10. The van der Waals surface area contributed by atoms with Crippen molar-refractivity contribution in [2.75, 3.05) is 19.7 Å². The van der Waals surface area contributed by atoms with Gasteiger partial charge in [0.1, 0.15) is 12.6 Å². The molecule has 0 saturated heterocycles. The molecule has 1 aliphatic rings. The van der Waals surface area contributed by atoms with Gasteiger partial charge in [0.25, 0.3) is 0 Å². The zero-order valence-corrected chi connectivity index (χ0v) is 27.3. The van der Waals surface area contributed by atoms with Crippen molar-refractivity contribution in [3.8, 4) is 0 Å². The SMILES string of the molecule is CCCCCCCC/C=C\CCCCCCCC[N+]1=C(CCCCCCCCCCCC)NCC1CCO.[Cl-]. The Balaban J connectivity index is 0.0000144. The molecular weight excluding hydrogens is 500 g/mol. The van der Waals surface area contributed by atoms with E-state index in [9.17, 15) is 5.11 Å². The number of allylic oxidation sites excluding steroid dienone is 2. The lowest BCUT2D eigenvalue weighted by atomic mass is 10.1. The summed E-state index contributed by atoms with van der Waals surface area (Å²) in [6, 6.07) is 0.501. The largest absolute Gasteiger partial charge is 1.00 e. The Bertz CT molecular complexity index is 563. The normalized spacial score (nSPS) is 15.3. The number of rotatable bonds is 29. The number of aliphatic hydroxyl groups is 1. The highest BCUT2D eigenvalue weighted by atomic mass is 35.5. The molecule has 0 aromatic heterocycles. The van der Waals surface area contributed by atoms with Crippen LogP contribution in [0.1, 0.15) is 181 Å². The van der Waals surface area contributed by atoms with Gasteiger partial charge in [0.15, 0.2) is 0 Å². The molecule has 4 heteroatoms. The minimum absolute atomic E-state index is 0. The van der Waals surface area contributed by atoms with Crippen LogP contribution >= 0.6 is 0 Å². The van der Waals surface area contributed by atoms with E-state index in [2.05, 4.69) is 35.9 Å². The van der Waals surface area contributed by atoms with E-state index in [4.69, 9.17) is 0 Å². The standard InChI is InChI=1S/C35H68N2O.ClH/c1-3-5-7-9-11-13-15-16-17-18-19-20-22-24-26-28-31-37-34(30-32-38)33-36-35(37)29-27-25-23-21-14-12-10-8-6-4-2;/h16-17,34,38H,3-15,18-33H2,1-2H3;1H/b17-16-;. The van der Waals surface area contributed by atoms with Crippen molar-refractivity contribution in [3.05, 3.63) is 12.2 Å². The number of hydrogen-bond acceptors (Lipinski definition) is 2. The van der Waals surface area contributed by atoms with Gasteiger partial charge < -0.3 is 17.5 Å². The number of nitrogens with zero attached hydrogens (tertiary/aromatic N) is 1. The van der Waals surface area contributed by atoms with Crippen LogP contribution in [0.3, 0.4) is 0 Å². The summed E-state index contributed by atoms with van der Waals surface area (Å²) in [5.41, 5.74) is 0. The molecule has 0 saturated carbocycles. The van der Waals surface area contributed by atoms with Crippen molar-refractivity contribution in [1.82, 2.24) is 5.32 Å². The van der Waals surface area contributed by atoms with Crippen LogP contribution in [-0.4, -0.2) is 41.3 Å². The number of hydrogen-bond donors (Lipinski definition) is 2. The second-order valence-electron chi connectivity index (χ2n) is 12.1. The van der Waals surface area contributed by atoms with Crippen molar-refractivity contribution in [1.29, 1.82) is 0 Å². The molecule has 1 rings (SSSR count). The summed E-state index contributed by atoms with van der Waals surface area (Å²) >= 11 is 0. The van der Waals surface area contributed by atoms with E-state index in [1.165, 1.54) is 173 Å². The molecule has 0 amide bonds. The van der Waals surface area contributed by atoms with Crippen molar-refractivity contribution >= 4 is 5.84 Å². The van der Waals surface area contributed by atoms with E-state index in [-0.39, 0.29) is 12.4 Å². The van der Waals surface area contributed by atoms with Gasteiger partial charge in [-0.15, -0.1) is 0 Å². The van der Waals surface area contributed by atoms with Crippen LogP contribution in [-0.2, 0) is 0 Å². The molecule has 1 unspecified atom stereocenters. The molecule has 0 aromatic rings. The molecule has 3 nitrogen and oxygen atoms in total. The molecule has 0 radical (unpaired) electrons. The lowest BCUT2D eigenvalue weighted by Gasteiger charge is -2.12. The highest BCUT2D eigenvalue weighted by molar-refractivity contribution is 5.78. The Hall–Kier alpha value is -0.540. The average Bonchev–Trinajstić information content (AvgIpc) is 3.30. The second-order valence-corrected chi connectivity index (χ2v) is 12.1. The van der Waals surface area contributed by atoms with Gasteiger partial charge in [0, 0.05) is 19.4 Å². The first kappa shape index (κ1) is 38.5. The van der Waals surface area contributed by atoms with Crippen LogP contribution in [0.2, 0.25) is 0 Å². The maximum atomic E-state index is 9.54. The van der Waals surface area contributed by atoms with Gasteiger partial charge in [-0.2, -0.15) is 0 Å². The second kappa shape index (κ2) is 30.4. The molecule has 1 aliphatic heterocycles. The maximum Gasteiger partial charge on any atom is 0.245 e. The first-order valence-corrected chi connectivity index (χ1v) is 17.5. The minimum atomic E-state index is 0. The predicted molar refractivity (Wildman–Crippen MR) is 170 cm³/mol. The fourth-order valence-electron chi connectivity index (χ4n) is 5.93. The Labute approximate surface area is 251 Å². The highest BCUT2D eigenvalue weighted by Gasteiger charge is 2.29. The summed E-state index contributed by atoms with van der Waals surface area (Å²) in [5, 5.41) is 13.2. The number of halogens is 1. The van der Waals surface area contributed by atoms with E-state index < -0.39 is 0 Å². The zero-order chi connectivity index (χ0) is 27.4. The van der Waals surface area contributed by atoms with Gasteiger partial charge in [-0.05, 0) is 44.9 Å². The van der Waals surface area contributed by atoms with Crippen molar-refractivity contribution in [3.63, 3.8) is 0 Å². The number of amidine groups is 1. The van der Waals surface area contributed by atoms with Crippen LogP contribution in [0, 0.1) is 0 Å². The summed E-state index contributed by atoms with van der Waals surface area (Å²) in [5.74, 6) is 1.47. The average molecular weight is 569 g/mol. The third kappa shape index (κ3) is 22.8. The molecule has 232 valence electrons. The first-order chi connectivity index (χ1) is 18.8. The summed E-state index contributed by atoms with van der Waals surface area (Å²) < 4.78 is 2.62. The molecule has 1 heterocycles. The first-order valence-electron chi connectivity index (χ1n) is 17.5. The summed E-state index contributed by atoms with van der Waals surface area (Å²) in [6.45, 7) is 7.09. The Morgan fingerprint density at radius 3 is 1.56 bits per heavy atom. The Morgan fingerprint density at radius 1 is 0.641 bits per heavy atom. The van der Waals surface area contributed by atoms with Crippen LogP contribution in [0.15, 0.2) is 12.2 Å². The minimum Gasteiger partial charge on any atom is -1.00 e. The quantitative estimate of drug-likeness (QED) is 0.0573. The smallest absolute Gasteiger partial charge is 0.245 e. The molecular formula is C35H69ClN2O. The van der Waals surface area contributed by atoms with Crippen LogP contribution < -0.4 is 17.7 Å². The van der Waals surface area contributed by atoms with Crippen molar-refractivity contribution in [2.24, 2.45) is 0 Å². The van der Waals surface area contributed by atoms with Gasteiger partial charge in [-0.3, -0.25) is 9.89 Å². The molecule has 0 aliphatic carbocycles. The van der Waals surface area contributed by atoms with E-state index in [1.54, 1.807) is 0 Å². The monoisotopic (exact) mass is 569 g/mol. The van der Waals surface area contributed by atoms with Crippen LogP contribution in [0.5, 0.6) is 0 Å².